The van der Waals surface area contributed by atoms with Gasteiger partial charge in [-0.25, -0.2) is 4.79 Å². The fourth-order valence-corrected chi connectivity index (χ4v) is 5.96. The molecule has 0 aliphatic carbocycles. The number of fused-ring (bicyclic) bond motifs is 4. The van der Waals surface area contributed by atoms with Gasteiger partial charge in [0.05, 0.1) is 7.11 Å². The first-order valence-electron chi connectivity index (χ1n) is 11.7. The largest absolute Gasteiger partial charge is 0.496 e. The second kappa shape index (κ2) is 8.91. The standard InChI is InChI=1S/C26H33N3O2/c1-31-24-11-5-9-20-13-16-28-18-21-10-6-15-29(22(21)17-23(28)25(20)24)26(30)27-14-12-19-7-3-2-4-8-19/h2-5,7-9,11,21-23H,6,10,12-18H2,1H3,(H,27,30)/t21-,22+,23+/m1/s1. The minimum atomic E-state index is 0.107. The van der Waals surface area contributed by atoms with Gasteiger partial charge in [-0.2, -0.15) is 0 Å². The Morgan fingerprint density at radius 2 is 2.00 bits per heavy atom. The summed E-state index contributed by atoms with van der Waals surface area (Å²) < 4.78 is 5.75. The molecule has 1 N–H and O–H groups in total. The number of methoxy groups -OCH3 is 1. The molecule has 0 saturated carbocycles. The van der Waals surface area contributed by atoms with Crippen LogP contribution in [0.25, 0.3) is 0 Å². The second-order valence-electron chi connectivity index (χ2n) is 9.16. The van der Waals surface area contributed by atoms with Crippen molar-refractivity contribution in [2.45, 2.75) is 44.2 Å². The summed E-state index contributed by atoms with van der Waals surface area (Å²) in [5.74, 6) is 1.57. The minimum absolute atomic E-state index is 0.107. The van der Waals surface area contributed by atoms with Crippen LogP contribution in [-0.2, 0) is 12.8 Å². The summed E-state index contributed by atoms with van der Waals surface area (Å²) in [6, 6.07) is 17.6. The fraction of sp³-hybridized carbons (Fsp3) is 0.500. The Bertz CT molecular complexity index is 902. The van der Waals surface area contributed by atoms with Crippen LogP contribution in [0, 0.1) is 5.92 Å². The highest BCUT2D eigenvalue weighted by molar-refractivity contribution is 5.74. The number of benzene rings is 2. The first kappa shape index (κ1) is 20.4. The van der Waals surface area contributed by atoms with E-state index in [1.54, 1.807) is 7.11 Å². The number of piperidine rings is 2. The molecule has 0 radical (unpaired) electrons. The van der Waals surface area contributed by atoms with Crippen LogP contribution >= 0.6 is 0 Å². The fourth-order valence-electron chi connectivity index (χ4n) is 5.96. The average Bonchev–Trinajstić information content (AvgIpc) is 2.82. The molecule has 2 aromatic rings. The van der Waals surface area contributed by atoms with E-state index in [1.807, 2.05) is 6.07 Å². The summed E-state index contributed by atoms with van der Waals surface area (Å²) >= 11 is 0. The van der Waals surface area contributed by atoms with Crippen molar-refractivity contribution in [2.24, 2.45) is 5.92 Å². The lowest BCUT2D eigenvalue weighted by Crippen LogP contribution is -2.59. The molecule has 0 aromatic heterocycles. The smallest absolute Gasteiger partial charge is 0.317 e. The van der Waals surface area contributed by atoms with Crippen LogP contribution in [0.1, 0.15) is 42.0 Å². The van der Waals surface area contributed by atoms with E-state index in [1.165, 1.54) is 23.1 Å². The van der Waals surface area contributed by atoms with E-state index >= 15 is 0 Å². The van der Waals surface area contributed by atoms with E-state index < -0.39 is 0 Å². The molecule has 164 valence electrons. The lowest BCUT2D eigenvalue weighted by Gasteiger charge is -2.52. The third-order valence-corrected chi connectivity index (χ3v) is 7.46. The van der Waals surface area contributed by atoms with Gasteiger partial charge in [-0.05, 0) is 55.2 Å². The zero-order valence-corrected chi connectivity index (χ0v) is 18.4. The second-order valence-corrected chi connectivity index (χ2v) is 9.16. The number of likely N-dealkylation sites (tertiary alicyclic amines) is 1. The Morgan fingerprint density at radius 3 is 2.84 bits per heavy atom. The van der Waals surface area contributed by atoms with Crippen LogP contribution in [0.15, 0.2) is 48.5 Å². The Kier molecular flexibility index (Phi) is 5.86. The van der Waals surface area contributed by atoms with Crippen LogP contribution < -0.4 is 10.1 Å². The van der Waals surface area contributed by atoms with Gasteiger partial charge in [-0.15, -0.1) is 0 Å². The number of rotatable bonds is 4. The molecule has 0 unspecified atom stereocenters. The van der Waals surface area contributed by atoms with E-state index in [9.17, 15) is 4.79 Å². The molecule has 0 spiro atoms. The van der Waals surface area contributed by atoms with Crippen molar-refractivity contribution in [3.63, 3.8) is 0 Å². The molecule has 31 heavy (non-hydrogen) atoms. The number of nitrogens with one attached hydrogen (secondary N) is 1. The lowest BCUT2D eigenvalue weighted by atomic mass is 9.76. The summed E-state index contributed by atoms with van der Waals surface area (Å²) in [6.07, 6.45) is 5.29. The minimum Gasteiger partial charge on any atom is -0.496 e. The van der Waals surface area contributed by atoms with Gasteiger partial charge in [0.2, 0.25) is 0 Å². The number of urea groups is 1. The molecule has 5 rings (SSSR count). The molecule has 3 atom stereocenters. The molecule has 3 aliphatic rings. The molecular formula is C26H33N3O2. The van der Waals surface area contributed by atoms with Crippen molar-refractivity contribution < 1.29 is 9.53 Å². The third kappa shape index (κ3) is 4.03. The van der Waals surface area contributed by atoms with E-state index in [2.05, 4.69) is 57.6 Å². The van der Waals surface area contributed by atoms with E-state index in [4.69, 9.17) is 4.74 Å². The molecular weight excluding hydrogens is 386 g/mol. The maximum Gasteiger partial charge on any atom is 0.317 e. The molecule has 5 nitrogen and oxygen atoms in total. The zero-order valence-electron chi connectivity index (χ0n) is 18.4. The van der Waals surface area contributed by atoms with Gasteiger partial charge in [-0.3, -0.25) is 4.90 Å². The highest BCUT2D eigenvalue weighted by atomic mass is 16.5. The quantitative estimate of drug-likeness (QED) is 0.814. The van der Waals surface area contributed by atoms with Crippen LogP contribution in [0.5, 0.6) is 5.75 Å². The number of carbonyl (C=O) groups excluding carboxylic acids is 1. The molecule has 5 heteroatoms. The van der Waals surface area contributed by atoms with Gasteiger partial charge < -0.3 is 15.0 Å². The summed E-state index contributed by atoms with van der Waals surface area (Å²) in [6.45, 7) is 3.74. The predicted molar refractivity (Wildman–Crippen MR) is 122 cm³/mol. The zero-order chi connectivity index (χ0) is 21.2. The van der Waals surface area contributed by atoms with Gasteiger partial charge in [0.1, 0.15) is 5.75 Å². The first-order chi connectivity index (χ1) is 15.2. The number of ether oxygens (including phenoxy) is 1. The van der Waals surface area contributed by atoms with E-state index in [0.717, 1.165) is 51.1 Å². The Labute approximate surface area is 185 Å². The number of amides is 2. The van der Waals surface area contributed by atoms with Crippen LogP contribution in [0.4, 0.5) is 4.79 Å². The molecule has 2 saturated heterocycles. The Morgan fingerprint density at radius 1 is 1.13 bits per heavy atom. The third-order valence-electron chi connectivity index (χ3n) is 7.46. The summed E-state index contributed by atoms with van der Waals surface area (Å²) in [7, 11) is 1.77. The highest BCUT2D eigenvalue weighted by Gasteiger charge is 2.44. The molecule has 0 bridgehead atoms. The Balaban J connectivity index is 1.30. The van der Waals surface area contributed by atoms with Crippen LogP contribution in [0.3, 0.4) is 0 Å². The van der Waals surface area contributed by atoms with Crippen molar-refractivity contribution >= 4 is 6.03 Å². The van der Waals surface area contributed by atoms with E-state index in [0.29, 0.717) is 24.5 Å². The maximum absolute atomic E-state index is 13.1. The molecule has 2 aromatic carbocycles. The predicted octanol–water partition coefficient (Wildman–Crippen LogP) is 4.03. The molecule has 3 aliphatic heterocycles. The monoisotopic (exact) mass is 419 g/mol. The van der Waals surface area contributed by atoms with Gasteiger partial charge >= 0.3 is 6.03 Å². The first-order valence-corrected chi connectivity index (χ1v) is 11.7. The van der Waals surface area contributed by atoms with Crippen molar-refractivity contribution in [1.29, 1.82) is 0 Å². The van der Waals surface area contributed by atoms with Gasteiger partial charge in [0, 0.05) is 43.8 Å². The van der Waals surface area contributed by atoms with Crippen LogP contribution in [-0.4, -0.2) is 55.2 Å². The van der Waals surface area contributed by atoms with Crippen LogP contribution in [0.2, 0.25) is 0 Å². The molecule has 2 fully saturated rings. The number of carbonyl (C=O) groups is 1. The summed E-state index contributed by atoms with van der Waals surface area (Å²) in [5, 5.41) is 3.20. The summed E-state index contributed by atoms with van der Waals surface area (Å²) in [5.41, 5.74) is 4.02. The topological polar surface area (TPSA) is 44.8 Å². The molecule has 3 heterocycles. The van der Waals surface area contributed by atoms with Gasteiger partial charge in [0.25, 0.3) is 0 Å². The average molecular weight is 420 g/mol. The highest BCUT2D eigenvalue weighted by Crippen LogP contribution is 2.45. The SMILES string of the molecule is COc1cccc2c1[C@@H]1C[C@H]3[C@H](CCCN3C(=O)NCCc3ccccc3)CN1CC2. The van der Waals surface area contributed by atoms with Crippen molar-refractivity contribution in [3.8, 4) is 5.75 Å². The van der Waals surface area contributed by atoms with Gasteiger partial charge in [0.15, 0.2) is 0 Å². The summed E-state index contributed by atoms with van der Waals surface area (Å²) in [4.78, 5) is 17.9. The maximum atomic E-state index is 13.1. The van der Waals surface area contributed by atoms with Gasteiger partial charge in [-0.1, -0.05) is 42.5 Å². The Hall–Kier alpha value is -2.53. The number of hydrogen-bond acceptors (Lipinski definition) is 3. The normalized spacial score (nSPS) is 25.2. The van der Waals surface area contributed by atoms with E-state index in [-0.39, 0.29) is 6.03 Å². The van der Waals surface area contributed by atoms with Crippen molar-refractivity contribution in [1.82, 2.24) is 15.1 Å². The number of nitrogens with zero attached hydrogens (tertiary/aromatic N) is 2. The lowest BCUT2D eigenvalue weighted by molar-refractivity contribution is 0.00503. The van der Waals surface area contributed by atoms with Crippen molar-refractivity contribution in [2.75, 3.05) is 33.3 Å². The van der Waals surface area contributed by atoms with Crippen molar-refractivity contribution in [3.05, 3.63) is 65.2 Å². The number of hydrogen-bond donors (Lipinski definition) is 1. The molecule has 2 amide bonds.